The average molecular weight is 293 g/mol. The van der Waals surface area contributed by atoms with Crippen LogP contribution in [-0.2, 0) is 9.53 Å². The summed E-state index contributed by atoms with van der Waals surface area (Å²) in [6.07, 6.45) is 1.13. The molecule has 0 spiro atoms. The molecule has 1 aliphatic heterocycles. The van der Waals surface area contributed by atoms with Crippen LogP contribution in [0.1, 0.15) is 38.3 Å². The van der Waals surface area contributed by atoms with Gasteiger partial charge in [0.15, 0.2) is 6.10 Å². The molecule has 2 atom stereocenters. The number of carbonyl (C=O) groups excluding carboxylic acids is 1. The fourth-order valence-corrected chi connectivity index (χ4v) is 2.31. The van der Waals surface area contributed by atoms with E-state index in [2.05, 4.69) is 19.2 Å². The minimum atomic E-state index is -0.519. The SMILES string of the molecule is CCCNC(C)c1ccc(OC)cc1OC1CCOC1=O. The standard InChI is InChI=1S/C16H23NO4/c1-4-8-17-11(2)13-6-5-12(19-3)10-15(13)21-14-7-9-20-16(14)18/h5-6,10-11,14,17H,4,7-9H2,1-3H3. The minimum absolute atomic E-state index is 0.142. The molecule has 1 heterocycles. The van der Waals surface area contributed by atoms with Crippen LogP contribution in [0.2, 0.25) is 0 Å². The van der Waals surface area contributed by atoms with Gasteiger partial charge in [-0.25, -0.2) is 4.79 Å². The number of rotatable bonds is 7. The Morgan fingerprint density at radius 3 is 2.90 bits per heavy atom. The summed E-state index contributed by atoms with van der Waals surface area (Å²) in [7, 11) is 1.61. The van der Waals surface area contributed by atoms with E-state index in [1.54, 1.807) is 7.11 Å². The van der Waals surface area contributed by atoms with Gasteiger partial charge in [-0.1, -0.05) is 13.0 Å². The molecule has 1 aromatic carbocycles. The molecule has 1 saturated heterocycles. The Kier molecular flexibility index (Phi) is 5.44. The Morgan fingerprint density at radius 1 is 1.48 bits per heavy atom. The Balaban J connectivity index is 2.20. The zero-order valence-electron chi connectivity index (χ0n) is 12.8. The van der Waals surface area contributed by atoms with Crippen molar-refractivity contribution in [3.8, 4) is 11.5 Å². The van der Waals surface area contributed by atoms with E-state index in [1.165, 1.54) is 0 Å². The van der Waals surface area contributed by atoms with Crippen LogP contribution in [0.3, 0.4) is 0 Å². The van der Waals surface area contributed by atoms with E-state index in [-0.39, 0.29) is 12.0 Å². The van der Waals surface area contributed by atoms with Crippen molar-refractivity contribution in [3.63, 3.8) is 0 Å². The summed E-state index contributed by atoms with van der Waals surface area (Å²) in [5.74, 6) is 1.09. The number of esters is 1. The third-order valence-corrected chi connectivity index (χ3v) is 3.54. The Bertz CT molecular complexity index is 489. The molecule has 1 fully saturated rings. The number of nitrogens with one attached hydrogen (secondary N) is 1. The second-order valence-electron chi connectivity index (χ2n) is 5.14. The number of cyclic esters (lactones) is 1. The quantitative estimate of drug-likeness (QED) is 0.783. The highest BCUT2D eigenvalue weighted by molar-refractivity contribution is 5.76. The van der Waals surface area contributed by atoms with Crippen molar-refractivity contribution in [1.29, 1.82) is 0 Å². The van der Waals surface area contributed by atoms with E-state index in [4.69, 9.17) is 14.2 Å². The number of hydrogen-bond donors (Lipinski definition) is 1. The second kappa shape index (κ2) is 7.31. The van der Waals surface area contributed by atoms with E-state index < -0.39 is 6.10 Å². The number of ether oxygens (including phenoxy) is 3. The van der Waals surface area contributed by atoms with Crippen LogP contribution in [0, 0.1) is 0 Å². The molecular weight excluding hydrogens is 270 g/mol. The normalized spacial score (nSPS) is 19.2. The fourth-order valence-electron chi connectivity index (χ4n) is 2.31. The van der Waals surface area contributed by atoms with Crippen molar-refractivity contribution >= 4 is 5.97 Å². The van der Waals surface area contributed by atoms with Crippen LogP contribution >= 0.6 is 0 Å². The molecule has 0 aliphatic carbocycles. The maximum Gasteiger partial charge on any atom is 0.347 e. The molecule has 21 heavy (non-hydrogen) atoms. The number of benzene rings is 1. The van der Waals surface area contributed by atoms with Crippen molar-refractivity contribution in [1.82, 2.24) is 5.32 Å². The van der Waals surface area contributed by atoms with Crippen LogP contribution < -0.4 is 14.8 Å². The predicted octanol–water partition coefficient (Wildman–Crippen LogP) is 2.45. The van der Waals surface area contributed by atoms with E-state index in [0.29, 0.717) is 24.5 Å². The van der Waals surface area contributed by atoms with Gasteiger partial charge in [0.25, 0.3) is 0 Å². The molecule has 2 unspecified atom stereocenters. The van der Waals surface area contributed by atoms with E-state index >= 15 is 0 Å². The third kappa shape index (κ3) is 3.88. The van der Waals surface area contributed by atoms with E-state index in [0.717, 1.165) is 18.5 Å². The summed E-state index contributed by atoms with van der Waals surface area (Å²) in [5, 5.41) is 3.43. The number of methoxy groups -OCH3 is 1. The largest absolute Gasteiger partial charge is 0.497 e. The van der Waals surface area contributed by atoms with Crippen LogP contribution in [0.25, 0.3) is 0 Å². The van der Waals surface area contributed by atoms with Crippen molar-refractivity contribution in [2.24, 2.45) is 0 Å². The first-order valence-electron chi connectivity index (χ1n) is 7.40. The Hall–Kier alpha value is -1.75. The molecule has 0 radical (unpaired) electrons. The zero-order chi connectivity index (χ0) is 15.2. The van der Waals surface area contributed by atoms with Crippen molar-refractivity contribution in [2.45, 2.75) is 38.8 Å². The average Bonchev–Trinajstić information content (AvgIpc) is 2.90. The maximum absolute atomic E-state index is 11.6. The summed E-state index contributed by atoms with van der Waals surface area (Å²) in [6, 6.07) is 5.84. The molecule has 0 bridgehead atoms. The second-order valence-corrected chi connectivity index (χ2v) is 5.14. The molecule has 1 aliphatic rings. The molecule has 0 amide bonds. The molecule has 5 heteroatoms. The lowest BCUT2D eigenvalue weighted by Gasteiger charge is -2.20. The lowest BCUT2D eigenvalue weighted by Crippen LogP contribution is -2.24. The first-order chi connectivity index (χ1) is 10.2. The van der Waals surface area contributed by atoms with Gasteiger partial charge in [0.05, 0.1) is 13.7 Å². The number of carbonyl (C=O) groups is 1. The monoisotopic (exact) mass is 293 g/mol. The highest BCUT2D eigenvalue weighted by Crippen LogP contribution is 2.31. The maximum atomic E-state index is 11.6. The van der Waals surface area contributed by atoms with Gasteiger partial charge < -0.3 is 19.5 Å². The van der Waals surface area contributed by atoms with Gasteiger partial charge in [-0.3, -0.25) is 0 Å². The van der Waals surface area contributed by atoms with Crippen molar-refractivity contribution < 1.29 is 19.0 Å². The first-order valence-corrected chi connectivity index (χ1v) is 7.40. The topological polar surface area (TPSA) is 56.8 Å². The fraction of sp³-hybridized carbons (Fsp3) is 0.562. The summed E-state index contributed by atoms with van der Waals surface area (Å²) < 4.78 is 16.1. The summed E-state index contributed by atoms with van der Waals surface area (Å²) in [6.45, 7) is 5.56. The highest BCUT2D eigenvalue weighted by Gasteiger charge is 2.29. The molecule has 0 aromatic heterocycles. The lowest BCUT2D eigenvalue weighted by atomic mass is 10.1. The van der Waals surface area contributed by atoms with Gasteiger partial charge in [0.2, 0.25) is 0 Å². The Morgan fingerprint density at radius 2 is 2.29 bits per heavy atom. The van der Waals surface area contributed by atoms with Gasteiger partial charge in [-0.05, 0) is 26.0 Å². The van der Waals surface area contributed by atoms with Crippen molar-refractivity contribution in [3.05, 3.63) is 23.8 Å². The summed E-state index contributed by atoms with van der Waals surface area (Å²) in [4.78, 5) is 11.6. The molecule has 116 valence electrons. The van der Waals surface area contributed by atoms with Crippen LogP contribution in [0.15, 0.2) is 18.2 Å². The van der Waals surface area contributed by atoms with Gasteiger partial charge in [-0.15, -0.1) is 0 Å². The van der Waals surface area contributed by atoms with Crippen LogP contribution in [-0.4, -0.2) is 32.3 Å². The van der Waals surface area contributed by atoms with Gasteiger partial charge in [-0.2, -0.15) is 0 Å². The van der Waals surface area contributed by atoms with Gasteiger partial charge in [0.1, 0.15) is 11.5 Å². The van der Waals surface area contributed by atoms with E-state index in [9.17, 15) is 4.79 Å². The molecule has 5 nitrogen and oxygen atoms in total. The minimum Gasteiger partial charge on any atom is -0.497 e. The Labute approximate surface area is 125 Å². The molecule has 1 N–H and O–H groups in total. The molecule has 2 rings (SSSR count). The van der Waals surface area contributed by atoms with Gasteiger partial charge in [0, 0.05) is 24.1 Å². The van der Waals surface area contributed by atoms with Crippen LogP contribution in [0.5, 0.6) is 11.5 Å². The smallest absolute Gasteiger partial charge is 0.347 e. The molecule has 0 saturated carbocycles. The third-order valence-electron chi connectivity index (χ3n) is 3.54. The summed E-state index contributed by atoms with van der Waals surface area (Å²) >= 11 is 0. The highest BCUT2D eigenvalue weighted by atomic mass is 16.6. The molecular formula is C16H23NO4. The first kappa shape index (κ1) is 15.6. The lowest BCUT2D eigenvalue weighted by molar-refractivity contribution is -0.143. The van der Waals surface area contributed by atoms with Crippen LogP contribution in [0.4, 0.5) is 0 Å². The van der Waals surface area contributed by atoms with Crippen molar-refractivity contribution in [2.75, 3.05) is 20.3 Å². The molecule has 1 aromatic rings. The summed E-state index contributed by atoms with van der Waals surface area (Å²) in [5.41, 5.74) is 1.02. The predicted molar refractivity (Wildman–Crippen MR) is 79.7 cm³/mol. The zero-order valence-corrected chi connectivity index (χ0v) is 12.8. The van der Waals surface area contributed by atoms with E-state index in [1.807, 2.05) is 18.2 Å². The number of hydrogen-bond acceptors (Lipinski definition) is 5. The van der Waals surface area contributed by atoms with Gasteiger partial charge >= 0.3 is 5.97 Å².